The lowest BCUT2D eigenvalue weighted by atomic mass is 9.97. The predicted octanol–water partition coefficient (Wildman–Crippen LogP) is 3.08. The summed E-state index contributed by atoms with van der Waals surface area (Å²) in [4.78, 5) is 23.2. The van der Waals surface area contributed by atoms with E-state index >= 15 is 0 Å². The number of aromatic nitrogens is 2. The van der Waals surface area contributed by atoms with E-state index in [4.69, 9.17) is 4.42 Å². The second-order valence-corrected chi connectivity index (χ2v) is 5.75. The van der Waals surface area contributed by atoms with Gasteiger partial charge in [-0.05, 0) is 32.9 Å². The van der Waals surface area contributed by atoms with Gasteiger partial charge in [-0.2, -0.15) is 0 Å². The summed E-state index contributed by atoms with van der Waals surface area (Å²) in [5.41, 5.74) is 2.57. The predicted molar refractivity (Wildman–Crippen MR) is 82.4 cm³/mol. The molecule has 0 unspecified atom stereocenters. The number of furan rings is 1. The van der Waals surface area contributed by atoms with Gasteiger partial charge in [0.05, 0.1) is 23.6 Å². The first-order chi connectivity index (χ1) is 10.6. The number of amides is 1. The lowest BCUT2D eigenvalue weighted by molar-refractivity contribution is 0.0647. The molecule has 0 radical (unpaired) electrons. The number of rotatable bonds is 3. The molecule has 1 aliphatic heterocycles. The van der Waals surface area contributed by atoms with Crippen molar-refractivity contribution in [3.05, 3.63) is 59.1 Å². The van der Waals surface area contributed by atoms with Crippen molar-refractivity contribution in [3.8, 4) is 0 Å². The van der Waals surface area contributed by atoms with E-state index in [1.807, 2.05) is 43.9 Å². The van der Waals surface area contributed by atoms with Crippen molar-refractivity contribution < 1.29 is 9.21 Å². The number of allylic oxidation sites excluding steroid dienone is 1. The third-order valence-electron chi connectivity index (χ3n) is 3.81. The van der Waals surface area contributed by atoms with Gasteiger partial charge in [0.25, 0.3) is 5.91 Å². The summed E-state index contributed by atoms with van der Waals surface area (Å²) < 4.78 is 5.55. The lowest BCUT2D eigenvalue weighted by Gasteiger charge is -2.34. The minimum absolute atomic E-state index is 0.0415. The van der Waals surface area contributed by atoms with Crippen LogP contribution in [0.25, 0.3) is 0 Å². The van der Waals surface area contributed by atoms with E-state index in [9.17, 15) is 4.79 Å². The summed E-state index contributed by atoms with van der Waals surface area (Å²) in [6.07, 6.45) is 5.97. The first-order valence-corrected chi connectivity index (χ1v) is 7.36. The van der Waals surface area contributed by atoms with Gasteiger partial charge >= 0.3 is 0 Å². The summed E-state index contributed by atoms with van der Waals surface area (Å²) in [5.74, 6) is 1.43. The largest absolute Gasteiger partial charge is 0.467 e. The van der Waals surface area contributed by atoms with Crippen molar-refractivity contribution in [1.29, 1.82) is 0 Å². The van der Waals surface area contributed by atoms with Crippen LogP contribution < -0.4 is 0 Å². The average molecular weight is 297 g/mol. The van der Waals surface area contributed by atoms with Gasteiger partial charge < -0.3 is 9.32 Å². The van der Waals surface area contributed by atoms with Crippen molar-refractivity contribution in [2.24, 2.45) is 0 Å². The van der Waals surface area contributed by atoms with Crippen LogP contribution in [-0.4, -0.2) is 27.3 Å². The Morgan fingerprint density at radius 3 is 3.00 bits per heavy atom. The van der Waals surface area contributed by atoms with Gasteiger partial charge in [-0.1, -0.05) is 11.6 Å². The van der Waals surface area contributed by atoms with Gasteiger partial charge in [0.15, 0.2) is 0 Å². The van der Waals surface area contributed by atoms with E-state index in [-0.39, 0.29) is 11.9 Å². The van der Waals surface area contributed by atoms with Crippen LogP contribution >= 0.6 is 0 Å². The van der Waals surface area contributed by atoms with Crippen molar-refractivity contribution in [2.45, 2.75) is 33.2 Å². The summed E-state index contributed by atoms with van der Waals surface area (Å²) >= 11 is 0. The smallest absolute Gasteiger partial charge is 0.258 e. The minimum Gasteiger partial charge on any atom is -0.467 e. The molecule has 0 saturated carbocycles. The number of nitrogens with zero attached hydrogens (tertiary/aromatic N) is 3. The number of carbonyl (C=O) groups is 1. The van der Waals surface area contributed by atoms with Crippen LogP contribution in [0.5, 0.6) is 0 Å². The molecule has 0 bridgehead atoms. The van der Waals surface area contributed by atoms with Crippen molar-refractivity contribution in [3.63, 3.8) is 0 Å². The fraction of sp³-hybridized carbons (Fsp3) is 0.353. The maximum atomic E-state index is 12.8. The van der Waals surface area contributed by atoms with Gasteiger partial charge in [0.1, 0.15) is 11.6 Å². The van der Waals surface area contributed by atoms with Crippen molar-refractivity contribution in [2.75, 3.05) is 6.54 Å². The number of aryl methyl sites for hydroxylation is 1. The van der Waals surface area contributed by atoms with E-state index < -0.39 is 0 Å². The summed E-state index contributed by atoms with van der Waals surface area (Å²) in [6, 6.07) is 3.63. The van der Waals surface area contributed by atoms with Gasteiger partial charge in [-0.25, -0.2) is 9.97 Å². The Labute approximate surface area is 129 Å². The summed E-state index contributed by atoms with van der Waals surface area (Å²) in [5, 5.41) is 0. The van der Waals surface area contributed by atoms with E-state index in [0.717, 1.165) is 11.5 Å². The maximum absolute atomic E-state index is 12.8. The number of carbonyl (C=O) groups excluding carboxylic acids is 1. The molecule has 1 amide bonds. The molecule has 1 aliphatic rings. The minimum atomic E-state index is -0.125. The molecule has 0 fully saturated rings. The zero-order valence-electron chi connectivity index (χ0n) is 13.0. The quantitative estimate of drug-likeness (QED) is 0.817. The van der Waals surface area contributed by atoms with Crippen LogP contribution in [0.15, 0.2) is 40.7 Å². The number of fused-ring (bicyclic) bond motifs is 1. The van der Waals surface area contributed by atoms with Crippen LogP contribution in [0.1, 0.15) is 47.5 Å². The maximum Gasteiger partial charge on any atom is 0.258 e. The third-order valence-corrected chi connectivity index (χ3v) is 3.81. The molecule has 3 rings (SSSR count). The second kappa shape index (κ2) is 5.75. The van der Waals surface area contributed by atoms with E-state index in [0.29, 0.717) is 24.4 Å². The number of hydrogen-bond acceptors (Lipinski definition) is 4. The molecule has 5 heteroatoms. The van der Waals surface area contributed by atoms with Crippen LogP contribution in [0.3, 0.4) is 0 Å². The summed E-state index contributed by atoms with van der Waals surface area (Å²) in [7, 11) is 0. The highest BCUT2D eigenvalue weighted by Crippen LogP contribution is 2.32. The second-order valence-electron chi connectivity index (χ2n) is 5.75. The topological polar surface area (TPSA) is 59.2 Å². The first-order valence-electron chi connectivity index (χ1n) is 7.36. The lowest BCUT2D eigenvalue weighted by Crippen LogP contribution is -2.41. The molecule has 0 N–H and O–H groups in total. The van der Waals surface area contributed by atoms with E-state index in [2.05, 4.69) is 9.97 Å². The molecule has 3 heterocycles. The van der Waals surface area contributed by atoms with Gasteiger partial charge in [0.2, 0.25) is 0 Å². The molecule has 0 saturated heterocycles. The molecule has 1 atom stereocenters. The Kier molecular flexibility index (Phi) is 3.79. The Balaban J connectivity index is 2.03. The Hall–Kier alpha value is -2.43. The molecule has 0 spiro atoms. The molecule has 0 aliphatic carbocycles. The normalized spacial score (nSPS) is 17.3. The van der Waals surface area contributed by atoms with E-state index in [1.165, 1.54) is 5.57 Å². The van der Waals surface area contributed by atoms with Crippen LogP contribution in [0, 0.1) is 6.92 Å². The zero-order chi connectivity index (χ0) is 15.7. The molecule has 0 aromatic carbocycles. The molecule has 114 valence electrons. The average Bonchev–Trinajstić information content (AvgIpc) is 2.99. The Morgan fingerprint density at radius 2 is 2.32 bits per heavy atom. The molecular weight excluding hydrogens is 278 g/mol. The van der Waals surface area contributed by atoms with Crippen LogP contribution in [0.4, 0.5) is 0 Å². The molecule has 2 aromatic rings. The Morgan fingerprint density at radius 1 is 1.50 bits per heavy atom. The molecule has 5 nitrogen and oxygen atoms in total. The van der Waals surface area contributed by atoms with Gasteiger partial charge in [-0.3, -0.25) is 4.79 Å². The van der Waals surface area contributed by atoms with Crippen LogP contribution in [0.2, 0.25) is 0 Å². The van der Waals surface area contributed by atoms with Crippen molar-refractivity contribution in [1.82, 2.24) is 14.9 Å². The zero-order valence-corrected chi connectivity index (χ0v) is 13.0. The molecule has 2 aromatic heterocycles. The first kappa shape index (κ1) is 14.5. The monoisotopic (exact) mass is 297 g/mol. The molecule has 22 heavy (non-hydrogen) atoms. The standard InChI is InChI=1S/C17H19N3O2/c1-11(2)6-7-20-15(16-5-4-8-22-16)9-14-13(17(20)21)10-18-12(3)19-14/h4-6,8,10,15H,7,9H2,1-3H3/t15-/m1/s1. The Bertz CT molecular complexity index is 716. The fourth-order valence-electron chi connectivity index (χ4n) is 2.67. The highest BCUT2D eigenvalue weighted by atomic mass is 16.3. The van der Waals surface area contributed by atoms with Crippen LogP contribution in [-0.2, 0) is 6.42 Å². The third kappa shape index (κ3) is 2.66. The molecular formula is C17H19N3O2. The van der Waals surface area contributed by atoms with Crippen molar-refractivity contribution >= 4 is 5.91 Å². The SMILES string of the molecule is CC(C)=CCN1C(=O)c2cnc(C)nc2C[C@@H]1c1ccco1. The summed E-state index contributed by atoms with van der Waals surface area (Å²) in [6.45, 7) is 6.44. The van der Waals surface area contributed by atoms with E-state index in [1.54, 1.807) is 12.5 Å². The van der Waals surface area contributed by atoms with Gasteiger partial charge in [0, 0.05) is 19.2 Å². The fourth-order valence-corrected chi connectivity index (χ4v) is 2.67. The van der Waals surface area contributed by atoms with Gasteiger partial charge in [-0.15, -0.1) is 0 Å². The highest BCUT2D eigenvalue weighted by molar-refractivity contribution is 5.96. The highest BCUT2D eigenvalue weighted by Gasteiger charge is 2.35. The number of hydrogen-bond donors (Lipinski definition) is 0.